The van der Waals surface area contributed by atoms with E-state index >= 15 is 0 Å². The number of carbonyl (C=O) groups excluding carboxylic acids is 2. The molecule has 1 saturated carbocycles. The molecule has 1 heterocycles. The minimum atomic E-state index is -0.247. The predicted octanol–water partition coefficient (Wildman–Crippen LogP) is 2.84. The molecule has 1 aromatic rings. The maximum absolute atomic E-state index is 12.9. The molecule has 0 spiro atoms. The van der Waals surface area contributed by atoms with Crippen molar-refractivity contribution in [3.05, 3.63) is 35.6 Å². The predicted molar refractivity (Wildman–Crippen MR) is 89.9 cm³/mol. The Morgan fingerprint density at radius 1 is 1.21 bits per heavy atom. The van der Waals surface area contributed by atoms with Gasteiger partial charge >= 0.3 is 0 Å². The molecule has 2 amide bonds. The van der Waals surface area contributed by atoms with E-state index in [1.165, 1.54) is 12.1 Å². The second-order valence-corrected chi connectivity index (χ2v) is 6.84. The van der Waals surface area contributed by atoms with Crippen molar-refractivity contribution < 1.29 is 14.0 Å². The highest BCUT2D eigenvalue weighted by Gasteiger charge is 2.43. The van der Waals surface area contributed by atoms with Gasteiger partial charge in [-0.25, -0.2) is 4.39 Å². The molecule has 2 atom stereocenters. The van der Waals surface area contributed by atoms with Crippen molar-refractivity contribution in [3.8, 4) is 0 Å². The van der Waals surface area contributed by atoms with Gasteiger partial charge in [0, 0.05) is 32.0 Å². The van der Waals surface area contributed by atoms with Crippen LogP contribution in [0.1, 0.15) is 50.0 Å². The number of halogens is 1. The quantitative estimate of drug-likeness (QED) is 0.815. The number of nitrogens with one attached hydrogen (secondary N) is 1. The maximum Gasteiger partial charge on any atom is 0.223 e. The van der Waals surface area contributed by atoms with Gasteiger partial charge in [-0.3, -0.25) is 9.59 Å². The summed E-state index contributed by atoms with van der Waals surface area (Å²) in [6.07, 6.45) is 5.50. The van der Waals surface area contributed by atoms with Crippen LogP contribution in [-0.2, 0) is 9.59 Å². The van der Waals surface area contributed by atoms with Crippen LogP contribution in [0.4, 0.5) is 4.39 Å². The van der Waals surface area contributed by atoms with Crippen LogP contribution >= 0.6 is 0 Å². The number of hydrogen-bond acceptors (Lipinski definition) is 2. The molecule has 130 valence electrons. The van der Waals surface area contributed by atoms with Crippen LogP contribution in [0.15, 0.2) is 24.3 Å². The zero-order chi connectivity index (χ0) is 16.9. The molecule has 1 saturated heterocycles. The fraction of sp³-hybridized carbons (Fsp3) is 0.579. The maximum atomic E-state index is 12.9. The van der Waals surface area contributed by atoms with Gasteiger partial charge in [-0.15, -0.1) is 0 Å². The largest absolute Gasteiger partial charge is 0.356 e. The molecule has 0 aromatic heterocycles. The molecule has 2 aliphatic rings. The molecule has 1 N–H and O–H groups in total. The Morgan fingerprint density at radius 2 is 2.00 bits per heavy atom. The third-order valence-corrected chi connectivity index (χ3v) is 5.00. The summed E-state index contributed by atoms with van der Waals surface area (Å²) in [6, 6.07) is 6.41. The van der Waals surface area contributed by atoms with Gasteiger partial charge in [-0.2, -0.15) is 0 Å². The minimum absolute atomic E-state index is 0.00952. The number of benzene rings is 1. The van der Waals surface area contributed by atoms with E-state index in [2.05, 4.69) is 5.32 Å². The minimum Gasteiger partial charge on any atom is -0.356 e. The van der Waals surface area contributed by atoms with Crippen LogP contribution in [0.2, 0.25) is 0 Å². The smallest absolute Gasteiger partial charge is 0.223 e. The van der Waals surface area contributed by atoms with E-state index in [-0.39, 0.29) is 29.5 Å². The van der Waals surface area contributed by atoms with Crippen LogP contribution in [0.3, 0.4) is 0 Å². The Balaban J connectivity index is 1.36. The van der Waals surface area contributed by atoms with E-state index < -0.39 is 0 Å². The number of rotatable bonds is 6. The highest BCUT2D eigenvalue weighted by atomic mass is 19.1. The zero-order valence-electron chi connectivity index (χ0n) is 14.0. The summed E-state index contributed by atoms with van der Waals surface area (Å²) in [7, 11) is 0. The molecule has 2 unspecified atom stereocenters. The highest BCUT2D eigenvalue weighted by Crippen LogP contribution is 2.47. The van der Waals surface area contributed by atoms with Gasteiger partial charge in [0.2, 0.25) is 11.8 Å². The lowest BCUT2D eigenvalue weighted by molar-refractivity contribution is -0.130. The molecule has 4 nitrogen and oxygen atoms in total. The van der Waals surface area contributed by atoms with E-state index in [1.807, 2.05) is 4.90 Å². The van der Waals surface area contributed by atoms with Gasteiger partial charge in [0.25, 0.3) is 0 Å². The van der Waals surface area contributed by atoms with Crippen molar-refractivity contribution in [2.45, 2.75) is 44.4 Å². The van der Waals surface area contributed by atoms with Gasteiger partial charge < -0.3 is 10.2 Å². The molecule has 3 rings (SSSR count). The molecule has 0 bridgehead atoms. The molecule has 24 heavy (non-hydrogen) atoms. The summed E-state index contributed by atoms with van der Waals surface area (Å²) in [5.74, 6) is 0.306. The number of nitrogens with zero attached hydrogens (tertiary/aromatic N) is 1. The van der Waals surface area contributed by atoms with Crippen LogP contribution in [0.5, 0.6) is 0 Å². The van der Waals surface area contributed by atoms with Gasteiger partial charge in [-0.05, 0) is 49.3 Å². The third-order valence-electron chi connectivity index (χ3n) is 5.00. The van der Waals surface area contributed by atoms with E-state index in [4.69, 9.17) is 0 Å². The monoisotopic (exact) mass is 332 g/mol. The molecular weight excluding hydrogens is 307 g/mol. The topological polar surface area (TPSA) is 49.4 Å². The third kappa shape index (κ3) is 4.34. The van der Waals surface area contributed by atoms with Crippen molar-refractivity contribution in [3.63, 3.8) is 0 Å². The summed E-state index contributed by atoms with van der Waals surface area (Å²) in [4.78, 5) is 26.0. The van der Waals surface area contributed by atoms with Crippen LogP contribution < -0.4 is 5.32 Å². The fourth-order valence-electron chi connectivity index (χ4n) is 3.45. The first-order valence-corrected chi connectivity index (χ1v) is 8.96. The van der Waals surface area contributed by atoms with Crippen LogP contribution in [0.25, 0.3) is 0 Å². The fourth-order valence-corrected chi connectivity index (χ4v) is 3.45. The molecular formula is C19H25FN2O2. The SMILES string of the molecule is O=C(NCCCN1CCCCCC1=O)C1CC1c1ccc(F)cc1. The second kappa shape index (κ2) is 7.77. The second-order valence-electron chi connectivity index (χ2n) is 6.84. The van der Waals surface area contributed by atoms with Crippen LogP contribution in [-0.4, -0.2) is 36.3 Å². The lowest BCUT2D eigenvalue weighted by Gasteiger charge is -2.20. The Hall–Kier alpha value is -1.91. The Labute approximate surface area is 142 Å². The molecule has 1 aromatic carbocycles. The average Bonchev–Trinajstić information content (AvgIpc) is 3.38. The number of likely N-dealkylation sites (tertiary alicyclic amines) is 1. The summed E-state index contributed by atoms with van der Waals surface area (Å²) >= 11 is 0. The lowest BCUT2D eigenvalue weighted by Crippen LogP contribution is -2.34. The van der Waals surface area contributed by atoms with Crippen molar-refractivity contribution >= 4 is 11.8 Å². The van der Waals surface area contributed by atoms with Gasteiger partial charge in [0.1, 0.15) is 5.82 Å². The van der Waals surface area contributed by atoms with Gasteiger partial charge in [0.15, 0.2) is 0 Å². The number of carbonyl (C=O) groups is 2. The van der Waals surface area contributed by atoms with E-state index in [1.54, 1.807) is 12.1 Å². The lowest BCUT2D eigenvalue weighted by atomic mass is 10.1. The summed E-state index contributed by atoms with van der Waals surface area (Å²) in [6.45, 7) is 2.18. The summed E-state index contributed by atoms with van der Waals surface area (Å²) < 4.78 is 12.9. The Kier molecular flexibility index (Phi) is 5.48. The molecule has 1 aliphatic heterocycles. The van der Waals surface area contributed by atoms with E-state index in [0.29, 0.717) is 13.0 Å². The highest BCUT2D eigenvalue weighted by molar-refractivity contribution is 5.82. The standard InChI is InChI=1S/C19H25FN2O2/c20-15-8-6-14(7-9-15)16-13-17(16)19(24)21-10-4-12-22-11-3-1-2-5-18(22)23/h6-9,16-17H,1-5,10-13H2,(H,21,24). The number of amides is 2. The normalized spacial score (nSPS) is 23.7. The van der Waals surface area contributed by atoms with Crippen molar-refractivity contribution in [2.75, 3.05) is 19.6 Å². The number of hydrogen-bond donors (Lipinski definition) is 1. The summed E-state index contributed by atoms with van der Waals surface area (Å²) in [5.41, 5.74) is 1.03. The molecule has 1 aliphatic carbocycles. The van der Waals surface area contributed by atoms with Crippen molar-refractivity contribution in [1.29, 1.82) is 0 Å². The molecule has 0 radical (unpaired) electrons. The van der Waals surface area contributed by atoms with E-state index in [9.17, 15) is 14.0 Å². The Bertz CT molecular complexity index is 588. The Morgan fingerprint density at radius 3 is 2.79 bits per heavy atom. The zero-order valence-corrected chi connectivity index (χ0v) is 14.0. The first-order chi connectivity index (χ1) is 11.6. The van der Waals surface area contributed by atoms with Gasteiger partial charge in [0.05, 0.1) is 0 Å². The van der Waals surface area contributed by atoms with Crippen molar-refractivity contribution in [1.82, 2.24) is 10.2 Å². The molecule has 2 fully saturated rings. The first-order valence-electron chi connectivity index (χ1n) is 8.96. The van der Waals surface area contributed by atoms with E-state index in [0.717, 1.165) is 50.8 Å². The average molecular weight is 332 g/mol. The van der Waals surface area contributed by atoms with Crippen molar-refractivity contribution in [2.24, 2.45) is 5.92 Å². The van der Waals surface area contributed by atoms with Crippen LogP contribution in [0, 0.1) is 11.7 Å². The van der Waals surface area contributed by atoms with Gasteiger partial charge in [-0.1, -0.05) is 18.6 Å². The summed E-state index contributed by atoms with van der Waals surface area (Å²) in [5, 5.41) is 2.97. The molecule has 5 heteroatoms. The first kappa shape index (κ1) is 16.9.